The van der Waals surface area contributed by atoms with Crippen molar-refractivity contribution in [2.24, 2.45) is 5.92 Å². The largest absolute Gasteiger partial charge is 0.367 e. The second kappa shape index (κ2) is 4.60. The lowest BCUT2D eigenvalue weighted by molar-refractivity contribution is 0.303. The Labute approximate surface area is 94.6 Å². The minimum atomic E-state index is -0.890. The first kappa shape index (κ1) is 11.0. The van der Waals surface area contributed by atoms with E-state index in [1.54, 1.807) is 13.1 Å². The van der Waals surface area contributed by atoms with Gasteiger partial charge in [0, 0.05) is 23.9 Å². The van der Waals surface area contributed by atoms with E-state index >= 15 is 0 Å². The van der Waals surface area contributed by atoms with E-state index in [0.717, 1.165) is 12.2 Å². The van der Waals surface area contributed by atoms with Crippen molar-refractivity contribution in [3.63, 3.8) is 0 Å². The van der Waals surface area contributed by atoms with E-state index in [1.807, 2.05) is 18.2 Å². The zero-order valence-electron chi connectivity index (χ0n) is 9.28. The van der Waals surface area contributed by atoms with E-state index in [9.17, 15) is 4.39 Å². The lowest BCUT2D eigenvalue weighted by Crippen LogP contribution is -2.32. The number of anilines is 1. The Kier molecular flexibility index (Phi) is 3.17. The van der Waals surface area contributed by atoms with Crippen molar-refractivity contribution >= 4 is 11.5 Å². The molecule has 0 saturated heterocycles. The van der Waals surface area contributed by atoms with Gasteiger partial charge in [0.05, 0.1) is 0 Å². The summed E-state index contributed by atoms with van der Waals surface area (Å²) in [6.45, 7) is 1.68. The smallest absolute Gasteiger partial charge is 0.126 e. The molecule has 1 heterocycles. The SMILES string of the molecule is CC(=N)C1C(F)CCC1Nc1ccccn1. The Hall–Kier alpha value is -1.45. The molecule has 1 aliphatic carbocycles. The van der Waals surface area contributed by atoms with Gasteiger partial charge < -0.3 is 10.7 Å². The maximum Gasteiger partial charge on any atom is 0.126 e. The topological polar surface area (TPSA) is 48.8 Å². The number of nitrogens with one attached hydrogen (secondary N) is 2. The van der Waals surface area contributed by atoms with Gasteiger partial charge in [-0.05, 0) is 31.9 Å². The van der Waals surface area contributed by atoms with Crippen LogP contribution >= 0.6 is 0 Å². The van der Waals surface area contributed by atoms with Crippen molar-refractivity contribution in [3.05, 3.63) is 24.4 Å². The van der Waals surface area contributed by atoms with Crippen LogP contribution in [-0.2, 0) is 0 Å². The minimum absolute atomic E-state index is 0.00222. The van der Waals surface area contributed by atoms with Crippen LogP contribution in [-0.4, -0.2) is 22.9 Å². The molecule has 3 nitrogen and oxygen atoms in total. The van der Waals surface area contributed by atoms with Crippen molar-refractivity contribution in [2.45, 2.75) is 32.0 Å². The van der Waals surface area contributed by atoms with E-state index < -0.39 is 6.17 Å². The van der Waals surface area contributed by atoms with Crippen molar-refractivity contribution < 1.29 is 4.39 Å². The molecule has 4 heteroatoms. The highest BCUT2D eigenvalue weighted by Gasteiger charge is 2.37. The van der Waals surface area contributed by atoms with Crippen LogP contribution in [0.3, 0.4) is 0 Å². The zero-order valence-corrected chi connectivity index (χ0v) is 9.28. The number of alkyl halides is 1. The molecule has 1 aromatic rings. The predicted molar refractivity (Wildman–Crippen MR) is 62.7 cm³/mol. The van der Waals surface area contributed by atoms with Gasteiger partial charge in [-0.15, -0.1) is 0 Å². The summed E-state index contributed by atoms with van der Waals surface area (Å²) < 4.78 is 13.6. The van der Waals surface area contributed by atoms with Crippen molar-refractivity contribution in [1.82, 2.24) is 4.98 Å². The monoisotopic (exact) mass is 221 g/mol. The average Bonchev–Trinajstić information content (AvgIpc) is 2.61. The van der Waals surface area contributed by atoms with Gasteiger partial charge in [-0.3, -0.25) is 0 Å². The zero-order chi connectivity index (χ0) is 11.5. The van der Waals surface area contributed by atoms with Crippen LogP contribution in [0.4, 0.5) is 10.2 Å². The molecule has 2 rings (SSSR count). The van der Waals surface area contributed by atoms with E-state index in [2.05, 4.69) is 10.3 Å². The second-order valence-corrected chi connectivity index (χ2v) is 4.27. The van der Waals surface area contributed by atoms with Crippen LogP contribution < -0.4 is 5.32 Å². The van der Waals surface area contributed by atoms with E-state index in [4.69, 9.17) is 5.41 Å². The summed E-state index contributed by atoms with van der Waals surface area (Å²) in [5.74, 6) is 0.454. The number of hydrogen-bond acceptors (Lipinski definition) is 3. The molecule has 0 bridgehead atoms. The summed E-state index contributed by atoms with van der Waals surface area (Å²) in [7, 11) is 0. The number of rotatable bonds is 3. The molecule has 0 aromatic carbocycles. The minimum Gasteiger partial charge on any atom is -0.367 e. The van der Waals surface area contributed by atoms with Gasteiger partial charge in [0.2, 0.25) is 0 Å². The molecule has 0 amide bonds. The number of aromatic nitrogens is 1. The quantitative estimate of drug-likeness (QED) is 0.771. The lowest BCUT2D eigenvalue weighted by Gasteiger charge is -2.21. The van der Waals surface area contributed by atoms with Gasteiger partial charge in [0.25, 0.3) is 0 Å². The average molecular weight is 221 g/mol. The second-order valence-electron chi connectivity index (χ2n) is 4.27. The van der Waals surface area contributed by atoms with Crippen LogP contribution in [0.1, 0.15) is 19.8 Å². The van der Waals surface area contributed by atoms with E-state index in [-0.39, 0.29) is 12.0 Å². The molecule has 1 fully saturated rings. The summed E-state index contributed by atoms with van der Waals surface area (Å²) in [6.07, 6.45) is 2.11. The lowest BCUT2D eigenvalue weighted by atomic mass is 9.97. The first-order valence-electron chi connectivity index (χ1n) is 5.55. The molecule has 0 radical (unpaired) electrons. The Morgan fingerprint density at radius 3 is 2.94 bits per heavy atom. The fourth-order valence-corrected chi connectivity index (χ4v) is 2.32. The molecule has 16 heavy (non-hydrogen) atoms. The van der Waals surface area contributed by atoms with E-state index in [1.165, 1.54) is 0 Å². The van der Waals surface area contributed by atoms with Crippen LogP contribution in [0.15, 0.2) is 24.4 Å². The molecule has 86 valence electrons. The third kappa shape index (κ3) is 2.21. The van der Waals surface area contributed by atoms with Gasteiger partial charge in [-0.1, -0.05) is 6.07 Å². The number of halogens is 1. The van der Waals surface area contributed by atoms with Crippen molar-refractivity contribution in [1.29, 1.82) is 5.41 Å². The number of hydrogen-bond donors (Lipinski definition) is 2. The maximum absolute atomic E-state index is 13.6. The highest BCUT2D eigenvalue weighted by Crippen LogP contribution is 2.31. The van der Waals surface area contributed by atoms with Crippen molar-refractivity contribution in [2.75, 3.05) is 5.32 Å². The van der Waals surface area contributed by atoms with Crippen LogP contribution in [0.2, 0.25) is 0 Å². The first-order valence-corrected chi connectivity index (χ1v) is 5.55. The Morgan fingerprint density at radius 2 is 2.31 bits per heavy atom. The summed E-state index contributed by atoms with van der Waals surface area (Å²) in [5.41, 5.74) is 0.415. The Balaban J connectivity index is 2.07. The Bertz CT molecular complexity index is 366. The van der Waals surface area contributed by atoms with Gasteiger partial charge in [-0.2, -0.15) is 0 Å². The summed E-state index contributed by atoms with van der Waals surface area (Å²) in [6, 6.07) is 5.60. The van der Waals surface area contributed by atoms with Crippen LogP contribution in [0.5, 0.6) is 0 Å². The fraction of sp³-hybridized carbons (Fsp3) is 0.500. The molecule has 1 aliphatic rings. The number of pyridine rings is 1. The molecule has 1 saturated carbocycles. The molecular formula is C12H16FN3. The van der Waals surface area contributed by atoms with Crippen LogP contribution in [0, 0.1) is 11.3 Å². The van der Waals surface area contributed by atoms with Gasteiger partial charge in [0.1, 0.15) is 12.0 Å². The number of nitrogens with zero attached hydrogens (tertiary/aromatic N) is 1. The highest BCUT2D eigenvalue weighted by atomic mass is 19.1. The maximum atomic E-state index is 13.6. The van der Waals surface area contributed by atoms with Crippen LogP contribution in [0.25, 0.3) is 0 Å². The molecule has 0 spiro atoms. The van der Waals surface area contributed by atoms with Gasteiger partial charge in [-0.25, -0.2) is 9.37 Å². The molecule has 0 aliphatic heterocycles. The molecule has 3 unspecified atom stereocenters. The first-order chi connectivity index (χ1) is 7.68. The predicted octanol–water partition coefficient (Wildman–Crippen LogP) is 2.65. The van der Waals surface area contributed by atoms with Gasteiger partial charge >= 0.3 is 0 Å². The highest BCUT2D eigenvalue weighted by molar-refractivity contribution is 5.83. The summed E-state index contributed by atoms with van der Waals surface area (Å²) in [4.78, 5) is 4.16. The van der Waals surface area contributed by atoms with Crippen molar-refractivity contribution in [3.8, 4) is 0 Å². The van der Waals surface area contributed by atoms with E-state index in [0.29, 0.717) is 12.1 Å². The molecular weight excluding hydrogens is 205 g/mol. The Morgan fingerprint density at radius 1 is 1.50 bits per heavy atom. The standard InChI is InChI=1S/C12H16FN3/c1-8(14)12-9(13)5-6-10(12)16-11-4-2-3-7-15-11/h2-4,7,9-10,12,14H,5-6H2,1H3,(H,15,16). The molecule has 1 aromatic heterocycles. The normalized spacial score (nSPS) is 29.0. The third-order valence-electron chi connectivity index (χ3n) is 3.07. The third-order valence-corrected chi connectivity index (χ3v) is 3.07. The fourth-order valence-electron chi connectivity index (χ4n) is 2.32. The summed E-state index contributed by atoms with van der Waals surface area (Å²) in [5, 5.41) is 10.8. The molecule has 3 atom stereocenters. The molecule has 2 N–H and O–H groups in total. The summed E-state index contributed by atoms with van der Waals surface area (Å²) >= 11 is 0. The van der Waals surface area contributed by atoms with Gasteiger partial charge in [0.15, 0.2) is 0 Å².